The molecule has 1 aromatic rings. The minimum Gasteiger partial charge on any atom is -0.480 e. The second-order valence-electron chi connectivity index (χ2n) is 5.68. The zero-order valence-electron chi connectivity index (χ0n) is 13.1. The standard InChI is InChI=1S/C16H18F2N2O4/c1-9(21)19-12(15-10(17)4-2-5-11(15)18)8-14(22)20-7-3-6-13(20)16(23)24/h2,4-5,12-13H,3,6-8H2,1H3,(H,19,21)(H,23,24). The van der Waals surface area contributed by atoms with Crippen LogP contribution in [0.4, 0.5) is 8.78 Å². The van der Waals surface area contributed by atoms with Crippen molar-refractivity contribution < 1.29 is 28.3 Å². The van der Waals surface area contributed by atoms with E-state index < -0.39 is 53.5 Å². The number of nitrogens with zero attached hydrogens (tertiary/aromatic N) is 1. The molecular formula is C16H18F2N2O4. The lowest BCUT2D eigenvalue weighted by molar-refractivity contribution is -0.148. The van der Waals surface area contributed by atoms with Crippen LogP contribution in [-0.2, 0) is 14.4 Å². The number of nitrogens with one attached hydrogen (secondary N) is 1. The molecule has 1 aliphatic heterocycles. The fourth-order valence-electron chi connectivity index (χ4n) is 2.93. The minimum atomic E-state index is -1.20. The molecule has 0 radical (unpaired) electrons. The van der Waals surface area contributed by atoms with Gasteiger partial charge in [-0.3, -0.25) is 9.59 Å². The fraction of sp³-hybridized carbons (Fsp3) is 0.438. The summed E-state index contributed by atoms with van der Waals surface area (Å²) in [5.41, 5.74) is -0.410. The Morgan fingerprint density at radius 3 is 2.50 bits per heavy atom. The first-order valence-corrected chi connectivity index (χ1v) is 7.54. The van der Waals surface area contributed by atoms with Gasteiger partial charge in [-0.2, -0.15) is 0 Å². The van der Waals surface area contributed by atoms with E-state index in [4.69, 9.17) is 5.11 Å². The molecule has 6 nitrogen and oxygen atoms in total. The number of hydrogen-bond acceptors (Lipinski definition) is 3. The molecule has 0 aromatic heterocycles. The van der Waals surface area contributed by atoms with Crippen LogP contribution in [0.15, 0.2) is 18.2 Å². The highest BCUT2D eigenvalue weighted by molar-refractivity contribution is 5.85. The number of aliphatic carboxylic acids is 1. The normalized spacial score (nSPS) is 18.3. The number of carbonyl (C=O) groups is 3. The number of carboxylic acids is 1. The largest absolute Gasteiger partial charge is 0.480 e. The average Bonchev–Trinajstić information content (AvgIpc) is 2.95. The highest BCUT2D eigenvalue weighted by atomic mass is 19.1. The van der Waals surface area contributed by atoms with Gasteiger partial charge in [0.05, 0.1) is 12.5 Å². The van der Waals surface area contributed by atoms with Crippen molar-refractivity contribution in [3.63, 3.8) is 0 Å². The third-order valence-corrected chi connectivity index (χ3v) is 3.96. The Bertz CT molecular complexity index is 645. The van der Waals surface area contributed by atoms with Crippen LogP contribution < -0.4 is 5.32 Å². The number of hydrogen-bond donors (Lipinski definition) is 2. The van der Waals surface area contributed by atoms with E-state index in [1.165, 1.54) is 17.9 Å². The Balaban J connectivity index is 2.25. The van der Waals surface area contributed by atoms with Gasteiger partial charge in [0.15, 0.2) is 0 Å². The molecule has 0 bridgehead atoms. The van der Waals surface area contributed by atoms with Crippen LogP contribution in [0.5, 0.6) is 0 Å². The minimum absolute atomic E-state index is 0.266. The summed E-state index contributed by atoms with van der Waals surface area (Å²) in [6.07, 6.45) is 0.461. The highest BCUT2D eigenvalue weighted by Crippen LogP contribution is 2.26. The number of carboxylic acid groups (broad SMARTS) is 1. The van der Waals surface area contributed by atoms with Gasteiger partial charge in [0.25, 0.3) is 0 Å². The summed E-state index contributed by atoms with van der Waals surface area (Å²) < 4.78 is 27.9. The number of halogens is 2. The summed E-state index contributed by atoms with van der Waals surface area (Å²) >= 11 is 0. The lowest BCUT2D eigenvalue weighted by Gasteiger charge is -2.25. The quantitative estimate of drug-likeness (QED) is 0.852. The summed E-state index contributed by atoms with van der Waals surface area (Å²) in [7, 11) is 0. The van der Waals surface area contributed by atoms with Crippen molar-refractivity contribution in [1.82, 2.24) is 10.2 Å². The molecule has 2 rings (SSSR count). The van der Waals surface area contributed by atoms with Crippen LogP contribution in [-0.4, -0.2) is 40.4 Å². The van der Waals surface area contributed by atoms with Crippen LogP contribution in [0.1, 0.15) is 37.8 Å². The Morgan fingerprint density at radius 2 is 1.96 bits per heavy atom. The maximum Gasteiger partial charge on any atom is 0.326 e. The van der Waals surface area contributed by atoms with Crippen LogP contribution >= 0.6 is 0 Å². The molecular weight excluding hydrogens is 322 g/mol. The average molecular weight is 340 g/mol. The van der Waals surface area contributed by atoms with E-state index >= 15 is 0 Å². The Morgan fingerprint density at radius 1 is 1.33 bits per heavy atom. The monoisotopic (exact) mass is 340 g/mol. The van der Waals surface area contributed by atoms with E-state index in [0.717, 1.165) is 12.1 Å². The van der Waals surface area contributed by atoms with E-state index in [2.05, 4.69) is 5.32 Å². The van der Waals surface area contributed by atoms with Crippen molar-refractivity contribution in [2.24, 2.45) is 0 Å². The molecule has 130 valence electrons. The first-order valence-electron chi connectivity index (χ1n) is 7.54. The van der Waals surface area contributed by atoms with Gasteiger partial charge in [0.2, 0.25) is 11.8 Å². The molecule has 2 N–H and O–H groups in total. The van der Waals surface area contributed by atoms with E-state index in [-0.39, 0.29) is 6.54 Å². The van der Waals surface area contributed by atoms with Crippen molar-refractivity contribution in [2.75, 3.05) is 6.54 Å². The fourth-order valence-corrected chi connectivity index (χ4v) is 2.93. The number of amides is 2. The predicted octanol–water partition coefficient (Wildman–Crippen LogP) is 1.61. The number of likely N-dealkylation sites (tertiary alicyclic amines) is 1. The second-order valence-corrected chi connectivity index (χ2v) is 5.68. The van der Waals surface area contributed by atoms with E-state index in [9.17, 15) is 23.2 Å². The first-order chi connectivity index (χ1) is 11.3. The van der Waals surface area contributed by atoms with Gasteiger partial charge in [-0.1, -0.05) is 6.07 Å². The molecule has 8 heteroatoms. The predicted molar refractivity (Wildman–Crippen MR) is 79.9 cm³/mol. The molecule has 2 atom stereocenters. The molecule has 24 heavy (non-hydrogen) atoms. The van der Waals surface area contributed by atoms with Gasteiger partial charge in [-0.15, -0.1) is 0 Å². The van der Waals surface area contributed by atoms with Crippen LogP contribution in [0, 0.1) is 11.6 Å². The maximum absolute atomic E-state index is 14.0. The second kappa shape index (κ2) is 7.37. The highest BCUT2D eigenvalue weighted by Gasteiger charge is 2.35. The van der Waals surface area contributed by atoms with Gasteiger partial charge >= 0.3 is 5.97 Å². The first kappa shape index (κ1) is 17.8. The lowest BCUT2D eigenvalue weighted by Crippen LogP contribution is -2.42. The summed E-state index contributed by atoms with van der Waals surface area (Å²) in [6.45, 7) is 1.44. The van der Waals surface area contributed by atoms with Crippen molar-refractivity contribution in [2.45, 2.75) is 38.3 Å². The third-order valence-electron chi connectivity index (χ3n) is 3.96. The Labute approximate surface area is 137 Å². The zero-order chi connectivity index (χ0) is 17.9. The summed E-state index contributed by atoms with van der Waals surface area (Å²) in [5, 5.41) is 11.5. The zero-order valence-corrected chi connectivity index (χ0v) is 13.1. The van der Waals surface area contributed by atoms with Crippen molar-refractivity contribution in [3.05, 3.63) is 35.4 Å². The molecule has 0 aliphatic carbocycles. The summed E-state index contributed by atoms with van der Waals surface area (Å²) in [6, 6.07) is 1.11. The lowest BCUT2D eigenvalue weighted by atomic mass is 10.0. The molecule has 1 saturated heterocycles. The molecule has 1 fully saturated rings. The molecule has 0 saturated carbocycles. The van der Waals surface area contributed by atoms with Gasteiger partial charge in [0, 0.05) is 19.0 Å². The van der Waals surface area contributed by atoms with Gasteiger partial charge in [0.1, 0.15) is 17.7 Å². The maximum atomic E-state index is 14.0. The van der Waals surface area contributed by atoms with Crippen LogP contribution in [0.3, 0.4) is 0 Å². The van der Waals surface area contributed by atoms with E-state index in [0.29, 0.717) is 12.8 Å². The smallest absolute Gasteiger partial charge is 0.326 e. The Kier molecular flexibility index (Phi) is 5.48. The van der Waals surface area contributed by atoms with E-state index in [1.54, 1.807) is 0 Å². The topological polar surface area (TPSA) is 86.7 Å². The molecule has 1 aliphatic rings. The van der Waals surface area contributed by atoms with Crippen LogP contribution in [0.25, 0.3) is 0 Å². The number of carbonyl (C=O) groups excluding carboxylic acids is 2. The van der Waals surface area contributed by atoms with Crippen molar-refractivity contribution in [3.8, 4) is 0 Å². The van der Waals surface area contributed by atoms with Crippen molar-refractivity contribution in [1.29, 1.82) is 0 Å². The third kappa shape index (κ3) is 3.87. The van der Waals surface area contributed by atoms with Gasteiger partial charge < -0.3 is 15.3 Å². The van der Waals surface area contributed by atoms with Gasteiger partial charge in [-0.25, -0.2) is 13.6 Å². The molecule has 0 spiro atoms. The molecule has 1 heterocycles. The SMILES string of the molecule is CC(=O)NC(CC(=O)N1CCCC1C(=O)O)c1c(F)cccc1F. The van der Waals surface area contributed by atoms with Gasteiger partial charge in [-0.05, 0) is 25.0 Å². The molecule has 2 unspecified atom stereocenters. The van der Waals surface area contributed by atoms with Crippen LogP contribution in [0.2, 0.25) is 0 Å². The van der Waals surface area contributed by atoms with E-state index in [1.807, 2.05) is 0 Å². The molecule has 2 amide bonds. The Hall–Kier alpha value is -2.51. The summed E-state index contributed by atoms with van der Waals surface area (Å²) in [5.74, 6) is -3.99. The van der Waals surface area contributed by atoms with Crippen molar-refractivity contribution >= 4 is 17.8 Å². The number of benzene rings is 1. The summed E-state index contributed by atoms with van der Waals surface area (Å²) in [4.78, 5) is 36.1. The number of rotatable bonds is 5. The molecule has 1 aromatic carbocycles.